The molecule has 3 aliphatic rings. The molecule has 0 amide bonds. The van der Waals surface area contributed by atoms with Crippen LogP contribution < -0.4 is 5.32 Å². The molecule has 1 aliphatic carbocycles. The van der Waals surface area contributed by atoms with Crippen molar-refractivity contribution in [3.05, 3.63) is 0 Å². The predicted octanol–water partition coefficient (Wildman–Crippen LogP) is 2.90. The van der Waals surface area contributed by atoms with Crippen molar-refractivity contribution < 1.29 is 4.74 Å². The van der Waals surface area contributed by atoms with Gasteiger partial charge in [0.05, 0.1) is 6.61 Å². The van der Waals surface area contributed by atoms with Crippen molar-refractivity contribution in [2.24, 2.45) is 17.3 Å². The summed E-state index contributed by atoms with van der Waals surface area (Å²) in [4.78, 5) is 2.72. The van der Waals surface area contributed by atoms with Gasteiger partial charge in [-0.3, -0.25) is 0 Å². The molecule has 2 aliphatic heterocycles. The summed E-state index contributed by atoms with van der Waals surface area (Å²) in [6, 6.07) is 0.815. The Bertz CT molecular complexity index is 313. The average molecular weight is 294 g/mol. The Hall–Kier alpha value is -0.120. The first-order valence-electron chi connectivity index (χ1n) is 9.20. The summed E-state index contributed by atoms with van der Waals surface area (Å²) in [5.74, 6) is 1.81. The molecule has 21 heavy (non-hydrogen) atoms. The molecule has 3 fully saturated rings. The second-order valence-corrected chi connectivity index (χ2v) is 8.17. The maximum absolute atomic E-state index is 5.87. The number of hydrogen-bond donors (Lipinski definition) is 1. The molecule has 3 heteroatoms. The van der Waals surface area contributed by atoms with E-state index in [0.717, 1.165) is 31.1 Å². The van der Waals surface area contributed by atoms with Gasteiger partial charge in [0.1, 0.15) is 0 Å². The van der Waals surface area contributed by atoms with Crippen molar-refractivity contribution in [1.29, 1.82) is 0 Å². The SMILES string of the molecule is CC(C)C1CCN(CC2(CNC3CC3)CCCOC2)CC1. The van der Waals surface area contributed by atoms with Gasteiger partial charge < -0.3 is 15.0 Å². The first-order valence-corrected chi connectivity index (χ1v) is 9.20. The number of ether oxygens (including phenoxy) is 1. The smallest absolute Gasteiger partial charge is 0.0546 e. The number of rotatable bonds is 6. The Kier molecular flexibility index (Phi) is 5.23. The fourth-order valence-electron chi connectivity index (χ4n) is 4.13. The summed E-state index contributed by atoms with van der Waals surface area (Å²) in [7, 11) is 0. The van der Waals surface area contributed by atoms with Crippen LogP contribution in [0.2, 0.25) is 0 Å². The second kappa shape index (κ2) is 6.97. The minimum atomic E-state index is 0.380. The van der Waals surface area contributed by atoms with E-state index in [9.17, 15) is 0 Å². The Labute approximate surface area is 130 Å². The third-order valence-electron chi connectivity index (χ3n) is 5.88. The number of nitrogens with one attached hydrogen (secondary N) is 1. The highest BCUT2D eigenvalue weighted by molar-refractivity contribution is 4.92. The van der Waals surface area contributed by atoms with E-state index in [1.165, 1.54) is 64.7 Å². The molecule has 2 heterocycles. The zero-order valence-corrected chi connectivity index (χ0v) is 14.1. The molecular weight excluding hydrogens is 260 g/mol. The minimum absolute atomic E-state index is 0.380. The molecule has 0 bridgehead atoms. The van der Waals surface area contributed by atoms with E-state index >= 15 is 0 Å². The topological polar surface area (TPSA) is 24.5 Å². The van der Waals surface area contributed by atoms with Crippen LogP contribution >= 0.6 is 0 Å². The summed E-state index contributed by atoms with van der Waals surface area (Å²) < 4.78 is 5.87. The van der Waals surface area contributed by atoms with Gasteiger partial charge in [0.2, 0.25) is 0 Å². The van der Waals surface area contributed by atoms with Gasteiger partial charge in [-0.2, -0.15) is 0 Å². The van der Waals surface area contributed by atoms with Crippen molar-refractivity contribution in [2.45, 2.75) is 58.4 Å². The Morgan fingerprint density at radius 3 is 2.52 bits per heavy atom. The Morgan fingerprint density at radius 1 is 1.19 bits per heavy atom. The van der Waals surface area contributed by atoms with Gasteiger partial charge in [-0.05, 0) is 63.5 Å². The lowest BCUT2D eigenvalue weighted by atomic mass is 9.80. The molecule has 1 atom stereocenters. The third kappa shape index (κ3) is 4.43. The first-order chi connectivity index (χ1) is 10.2. The molecule has 0 aromatic heterocycles. The van der Waals surface area contributed by atoms with Crippen LogP contribution in [0.15, 0.2) is 0 Å². The molecule has 122 valence electrons. The van der Waals surface area contributed by atoms with Gasteiger partial charge in [-0.1, -0.05) is 13.8 Å². The number of hydrogen-bond acceptors (Lipinski definition) is 3. The van der Waals surface area contributed by atoms with Crippen molar-refractivity contribution in [3.8, 4) is 0 Å². The van der Waals surface area contributed by atoms with Crippen LogP contribution in [0.1, 0.15) is 52.4 Å². The molecule has 0 radical (unpaired) electrons. The van der Waals surface area contributed by atoms with Crippen molar-refractivity contribution in [3.63, 3.8) is 0 Å². The molecule has 0 spiro atoms. The van der Waals surface area contributed by atoms with E-state index in [2.05, 4.69) is 24.1 Å². The lowest BCUT2D eigenvalue weighted by Crippen LogP contribution is -2.51. The van der Waals surface area contributed by atoms with Gasteiger partial charge in [0.25, 0.3) is 0 Å². The fraction of sp³-hybridized carbons (Fsp3) is 1.00. The van der Waals surface area contributed by atoms with Crippen LogP contribution in [-0.4, -0.2) is 50.3 Å². The van der Waals surface area contributed by atoms with Gasteiger partial charge in [-0.15, -0.1) is 0 Å². The van der Waals surface area contributed by atoms with Crippen molar-refractivity contribution >= 4 is 0 Å². The molecule has 3 rings (SSSR count). The largest absolute Gasteiger partial charge is 0.381 e. The minimum Gasteiger partial charge on any atom is -0.381 e. The van der Waals surface area contributed by atoms with Crippen molar-refractivity contribution in [1.82, 2.24) is 10.2 Å². The predicted molar refractivity (Wildman–Crippen MR) is 87.5 cm³/mol. The van der Waals surface area contributed by atoms with Gasteiger partial charge in [-0.25, -0.2) is 0 Å². The zero-order chi connectivity index (χ0) is 14.7. The van der Waals surface area contributed by atoms with Crippen LogP contribution in [0.3, 0.4) is 0 Å². The van der Waals surface area contributed by atoms with Crippen LogP contribution in [0.25, 0.3) is 0 Å². The maximum atomic E-state index is 5.87. The number of likely N-dealkylation sites (tertiary alicyclic amines) is 1. The summed E-state index contributed by atoms with van der Waals surface area (Å²) in [6.45, 7) is 11.7. The normalized spacial score (nSPS) is 32.7. The molecular formula is C18H34N2O. The highest BCUT2D eigenvalue weighted by Crippen LogP contribution is 2.33. The summed E-state index contributed by atoms with van der Waals surface area (Å²) in [5.41, 5.74) is 0.380. The average Bonchev–Trinajstić information content (AvgIpc) is 3.31. The lowest BCUT2D eigenvalue weighted by Gasteiger charge is -2.43. The Balaban J connectivity index is 1.51. The first kappa shape index (κ1) is 15.8. The van der Waals surface area contributed by atoms with Gasteiger partial charge in [0.15, 0.2) is 0 Å². The van der Waals surface area contributed by atoms with E-state index in [1.807, 2.05) is 0 Å². The van der Waals surface area contributed by atoms with E-state index in [-0.39, 0.29) is 0 Å². The molecule has 1 saturated carbocycles. The third-order valence-corrected chi connectivity index (χ3v) is 5.88. The van der Waals surface area contributed by atoms with Crippen LogP contribution in [0.5, 0.6) is 0 Å². The number of piperidine rings is 1. The molecule has 2 saturated heterocycles. The fourth-order valence-corrected chi connectivity index (χ4v) is 4.13. The molecule has 1 unspecified atom stereocenters. The molecule has 0 aromatic rings. The van der Waals surface area contributed by atoms with Crippen molar-refractivity contribution in [2.75, 3.05) is 39.4 Å². The monoisotopic (exact) mass is 294 g/mol. The van der Waals surface area contributed by atoms with Gasteiger partial charge >= 0.3 is 0 Å². The quantitative estimate of drug-likeness (QED) is 0.815. The Morgan fingerprint density at radius 2 is 1.95 bits per heavy atom. The van der Waals surface area contributed by atoms with E-state index in [4.69, 9.17) is 4.74 Å². The lowest BCUT2D eigenvalue weighted by molar-refractivity contribution is -0.0319. The van der Waals surface area contributed by atoms with E-state index in [1.54, 1.807) is 0 Å². The molecule has 1 N–H and O–H groups in total. The highest BCUT2D eigenvalue weighted by Gasteiger charge is 2.37. The summed E-state index contributed by atoms with van der Waals surface area (Å²) >= 11 is 0. The standard InChI is InChI=1S/C18H34N2O/c1-15(2)16-6-9-20(10-7-16)13-18(8-3-11-21-14-18)12-19-17-4-5-17/h15-17,19H,3-14H2,1-2H3. The van der Waals surface area contributed by atoms with Crippen LogP contribution in [-0.2, 0) is 4.74 Å². The van der Waals surface area contributed by atoms with Crippen LogP contribution in [0.4, 0.5) is 0 Å². The zero-order valence-electron chi connectivity index (χ0n) is 14.1. The molecule has 0 aromatic carbocycles. The van der Waals surface area contributed by atoms with Crippen LogP contribution in [0, 0.1) is 17.3 Å². The maximum Gasteiger partial charge on any atom is 0.0546 e. The van der Waals surface area contributed by atoms with E-state index < -0.39 is 0 Å². The van der Waals surface area contributed by atoms with E-state index in [0.29, 0.717) is 5.41 Å². The molecule has 3 nitrogen and oxygen atoms in total. The number of nitrogens with zero attached hydrogens (tertiary/aromatic N) is 1. The van der Waals surface area contributed by atoms with Gasteiger partial charge in [0, 0.05) is 31.2 Å². The highest BCUT2D eigenvalue weighted by atomic mass is 16.5. The summed E-state index contributed by atoms with van der Waals surface area (Å²) in [6.07, 6.45) is 8.15. The second-order valence-electron chi connectivity index (χ2n) is 8.17. The summed E-state index contributed by atoms with van der Waals surface area (Å²) in [5, 5.41) is 3.78.